The molecule has 24 heavy (non-hydrogen) atoms. The zero-order chi connectivity index (χ0) is 17.3. The van der Waals surface area contributed by atoms with Crippen molar-refractivity contribution in [1.29, 1.82) is 0 Å². The highest BCUT2D eigenvalue weighted by Gasteiger charge is 2.39. The molecule has 122 valence electrons. The quantitative estimate of drug-likeness (QED) is 0.484. The van der Waals surface area contributed by atoms with Crippen molar-refractivity contribution in [1.82, 2.24) is 0 Å². The van der Waals surface area contributed by atoms with E-state index in [1.54, 1.807) is 12.1 Å². The summed E-state index contributed by atoms with van der Waals surface area (Å²) in [7, 11) is 0. The first-order valence-electron chi connectivity index (χ1n) is 7.31. The van der Waals surface area contributed by atoms with Crippen LogP contribution < -0.4 is 4.90 Å². The summed E-state index contributed by atoms with van der Waals surface area (Å²) in [6.45, 7) is 0. The van der Waals surface area contributed by atoms with Gasteiger partial charge in [0.1, 0.15) is 0 Å². The van der Waals surface area contributed by atoms with Gasteiger partial charge in [0.25, 0.3) is 5.69 Å². The molecule has 0 saturated carbocycles. The van der Waals surface area contributed by atoms with Crippen LogP contribution in [0, 0.1) is 16.0 Å². The number of rotatable bonds is 4. The molecule has 1 saturated heterocycles. The smallest absolute Gasteiger partial charge is 0.269 e. The summed E-state index contributed by atoms with van der Waals surface area (Å²) in [5.41, 5.74) is 1.20. The van der Waals surface area contributed by atoms with Crippen molar-refractivity contribution >= 4 is 34.8 Å². The summed E-state index contributed by atoms with van der Waals surface area (Å²) in [4.78, 5) is 36.0. The van der Waals surface area contributed by atoms with E-state index >= 15 is 0 Å². The second-order valence-electron chi connectivity index (χ2n) is 5.57. The molecule has 1 aliphatic rings. The molecule has 2 amide bonds. The number of hydrogen-bond donors (Lipinski definition) is 0. The fraction of sp³-hybridized carbons (Fsp3) is 0.176. The number of carbonyl (C=O) groups is 2. The van der Waals surface area contributed by atoms with Crippen molar-refractivity contribution in [2.24, 2.45) is 5.92 Å². The van der Waals surface area contributed by atoms with E-state index in [0.717, 1.165) is 10.5 Å². The summed E-state index contributed by atoms with van der Waals surface area (Å²) < 4.78 is 0. The fourth-order valence-electron chi connectivity index (χ4n) is 2.75. The maximum absolute atomic E-state index is 12.6. The van der Waals surface area contributed by atoms with E-state index < -0.39 is 10.8 Å². The number of nitro benzene ring substituents is 1. The number of anilines is 1. The van der Waals surface area contributed by atoms with Crippen LogP contribution in [0.25, 0.3) is 0 Å². The molecule has 0 bridgehead atoms. The Morgan fingerprint density at radius 3 is 2.29 bits per heavy atom. The number of carbonyl (C=O) groups excluding carboxylic acids is 2. The lowest BCUT2D eigenvalue weighted by atomic mass is 9.98. The number of non-ortho nitro benzene ring substituents is 1. The average molecular weight is 345 g/mol. The Bertz CT molecular complexity index is 802. The van der Waals surface area contributed by atoms with E-state index in [1.165, 1.54) is 24.3 Å². The summed E-state index contributed by atoms with van der Waals surface area (Å²) in [5.74, 6) is -1.02. The third-order valence-corrected chi connectivity index (χ3v) is 4.21. The van der Waals surface area contributed by atoms with Gasteiger partial charge >= 0.3 is 0 Å². The fourth-order valence-corrected chi connectivity index (χ4v) is 2.88. The Balaban J connectivity index is 1.78. The molecule has 7 heteroatoms. The zero-order valence-corrected chi connectivity index (χ0v) is 13.3. The number of benzene rings is 2. The van der Waals surface area contributed by atoms with Crippen molar-refractivity contribution in [3.05, 3.63) is 69.2 Å². The molecule has 1 aliphatic heterocycles. The van der Waals surface area contributed by atoms with Gasteiger partial charge < -0.3 is 0 Å². The Labute approximate surface area is 142 Å². The minimum Gasteiger partial charge on any atom is -0.274 e. The minimum absolute atomic E-state index is 0.0874. The van der Waals surface area contributed by atoms with E-state index in [1.807, 2.05) is 12.1 Å². The molecule has 2 aromatic rings. The molecule has 2 aromatic carbocycles. The Morgan fingerprint density at radius 1 is 1.08 bits per heavy atom. The molecule has 0 radical (unpaired) electrons. The molecule has 1 fully saturated rings. The third kappa shape index (κ3) is 3.14. The average Bonchev–Trinajstić information content (AvgIpc) is 2.83. The van der Waals surface area contributed by atoms with Crippen molar-refractivity contribution in [2.45, 2.75) is 12.8 Å². The molecular weight excluding hydrogens is 332 g/mol. The van der Waals surface area contributed by atoms with Gasteiger partial charge in [0.2, 0.25) is 11.8 Å². The number of amides is 2. The standard InChI is InChI=1S/C17H13ClN2O4/c18-13-3-1-11(2-4-13)9-12-10-16(21)19(17(12)22)14-5-7-15(8-6-14)20(23)24/h1-8,12H,9-10H2/t12-/m1/s1. The molecule has 3 rings (SSSR count). The predicted molar refractivity (Wildman–Crippen MR) is 88.9 cm³/mol. The van der Waals surface area contributed by atoms with Crippen LogP contribution in [0.4, 0.5) is 11.4 Å². The van der Waals surface area contributed by atoms with E-state index in [4.69, 9.17) is 11.6 Å². The monoisotopic (exact) mass is 344 g/mol. The van der Waals surface area contributed by atoms with Crippen molar-refractivity contribution < 1.29 is 14.5 Å². The van der Waals surface area contributed by atoms with Crippen LogP contribution >= 0.6 is 11.6 Å². The van der Waals surface area contributed by atoms with Gasteiger partial charge in [0.05, 0.1) is 16.5 Å². The molecule has 0 aromatic heterocycles. The van der Waals surface area contributed by atoms with Crippen LogP contribution in [0.3, 0.4) is 0 Å². The van der Waals surface area contributed by atoms with Gasteiger partial charge in [-0.15, -0.1) is 0 Å². The lowest BCUT2D eigenvalue weighted by molar-refractivity contribution is -0.384. The molecule has 0 N–H and O–H groups in total. The third-order valence-electron chi connectivity index (χ3n) is 3.95. The van der Waals surface area contributed by atoms with Crippen LogP contribution in [-0.4, -0.2) is 16.7 Å². The van der Waals surface area contributed by atoms with Crippen LogP contribution in [0.1, 0.15) is 12.0 Å². The highest BCUT2D eigenvalue weighted by Crippen LogP contribution is 2.30. The van der Waals surface area contributed by atoms with Crippen LogP contribution in [0.15, 0.2) is 48.5 Å². The number of nitro groups is 1. The predicted octanol–water partition coefficient (Wildman–Crippen LogP) is 3.37. The Hall–Kier alpha value is -2.73. The summed E-state index contributed by atoms with van der Waals surface area (Å²) in [6.07, 6.45) is 0.573. The first-order chi connectivity index (χ1) is 11.5. The van der Waals surface area contributed by atoms with E-state index in [0.29, 0.717) is 17.1 Å². The molecule has 6 nitrogen and oxygen atoms in total. The Kier molecular flexibility index (Phi) is 4.31. The SMILES string of the molecule is O=C1C[C@@H](Cc2ccc(Cl)cc2)C(=O)N1c1ccc([N+](=O)[O-])cc1. The van der Waals surface area contributed by atoms with Gasteiger partial charge in [-0.25, -0.2) is 0 Å². The number of imide groups is 1. The second-order valence-corrected chi connectivity index (χ2v) is 6.01. The summed E-state index contributed by atoms with van der Waals surface area (Å²) in [5, 5.41) is 11.3. The molecule has 1 atom stereocenters. The highest BCUT2D eigenvalue weighted by molar-refractivity contribution is 6.30. The maximum atomic E-state index is 12.6. The van der Waals surface area contributed by atoms with Crippen LogP contribution in [0.5, 0.6) is 0 Å². The molecule has 0 spiro atoms. The van der Waals surface area contributed by atoms with Gasteiger partial charge in [0.15, 0.2) is 0 Å². The van der Waals surface area contributed by atoms with Gasteiger partial charge in [0, 0.05) is 23.6 Å². The molecule has 0 unspecified atom stereocenters. The normalized spacial score (nSPS) is 17.4. The highest BCUT2D eigenvalue weighted by atomic mass is 35.5. The van der Waals surface area contributed by atoms with Gasteiger partial charge in [-0.1, -0.05) is 23.7 Å². The first kappa shape index (κ1) is 16.1. The molecule has 0 aliphatic carbocycles. The van der Waals surface area contributed by atoms with Gasteiger partial charge in [-0.05, 0) is 36.2 Å². The van der Waals surface area contributed by atoms with Gasteiger partial charge in [-0.2, -0.15) is 0 Å². The molecule has 1 heterocycles. The lowest BCUT2D eigenvalue weighted by Crippen LogP contribution is -2.30. The maximum Gasteiger partial charge on any atom is 0.269 e. The molecular formula is C17H13ClN2O4. The minimum atomic E-state index is -0.527. The van der Waals surface area contributed by atoms with Crippen LogP contribution in [0.2, 0.25) is 5.02 Å². The van der Waals surface area contributed by atoms with Gasteiger partial charge in [-0.3, -0.25) is 24.6 Å². The van der Waals surface area contributed by atoms with Crippen molar-refractivity contribution in [3.63, 3.8) is 0 Å². The van der Waals surface area contributed by atoms with Crippen molar-refractivity contribution in [2.75, 3.05) is 4.90 Å². The first-order valence-corrected chi connectivity index (χ1v) is 7.69. The largest absolute Gasteiger partial charge is 0.274 e. The second kappa shape index (κ2) is 6.41. The number of halogens is 1. The zero-order valence-electron chi connectivity index (χ0n) is 12.5. The van der Waals surface area contributed by atoms with E-state index in [2.05, 4.69) is 0 Å². The topological polar surface area (TPSA) is 80.5 Å². The van der Waals surface area contributed by atoms with Crippen LogP contribution in [-0.2, 0) is 16.0 Å². The lowest BCUT2D eigenvalue weighted by Gasteiger charge is -2.15. The van der Waals surface area contributed by atoms with E-state index in [9.17, 15) is 19.7 Å². The summed E-state index contributed by atoms with van der Waals surface area (Å²) in [6, 6.07) is 12.5. The summed E-state index contributed by atoms with van der Waals surface area (Å²) >= 11 is 5.84. The Morgan fingerprint density at radius 2 is 1.71 bits per heavy atom. The van der Waals surface area contributed by atoms with E-state index in [-0.39, 0.29) is 23.9 Å². The van der Waals surface area contributed by atoms with Crippen molar-refractivity contribution in [3.8, 4) is 0 Å². The number of hydrogen-bond acceptors (Lipinski definition) is 4. The number of nitrogens with zero attached hydrogens (tertiary/aromatic N) is 2.